The maximum Gasteiger partial charge on any atom is 0.308 e. The van der Waals surface area contributed by atoms with Crippen molar-refractivity contribution in [3.8, 4) is 11.5 Å². The molecule has 0 aliphatic rings. The first-order valence-corrected chi connectivity index (χ1v) is 4.66. The van der Waals surface area contributed by atoms with E-state index in [1.165, 1.54) is 14.0 Å². The maximum atomic E-state index is 10.8. The maximum absolute atomic E-state index is 10.8. The third kappa shape index (κ3) is 3.27. The van der Waals surface area contributed by atoms with Gasteiger partial charge in [-0.1, -0.05) is 0 Å². The molecule has 0 saturated carbocycles. The van der Waals surface area contributed by atoms with Crippen LogP contribution in [0.2, 0.25) is 0 Å². The van der Waals surface area contributed by atoms with Gasteiger partial charge < -0.3 is 15.2 Å². The molecule has 1 aromatic carbocycles. The number of amides is 1. The topological polar surface area (TPSA) is 78.6 Å². The molecule has 0 atom stereocenters. The zero-order valence-electron chi connectivity index (χ0n) is 9.15. The summed E-state index contributed by atoms with van der Waals surface area (Å²) in [4.78, 5) is 21.6. The second kappa shape index (κ2) is 5.16. The van der Waals surface area contributed by atoms with Crippen molar-refractivity contribution >= 4 is 11.9 Å². The van der Waals surface area contributed by atoms with Crippen molar-refractivity contribution in [1.82, 2.24) is 0 Å². The van der Waals surface area contributed by atoms with Crippen LogP contribution in [0.3, 0.4) is 0 Å². The monoisotopic (exact) mass is 223 g/mol. The Kier molecular flexibility index (Phi) is 3.88. The van der Waals surface area contributed by atoms with E-state index in [4.69, 9.17) is 15.2 Å². The van der Waals surface area contributed by atoms with Crippen LogP contribution in [-0.2, 0) is 16.0 Å². The van der Waals surface area contributed by atoms with Crippen molar-refractivity contribution in [2.24, 2.45) is 5.73 Å². The summed E-state index contributed by atoms with van der Waals surface area (Å²) < 4.78 is 9.95. The summed E-state index contributed by atoms with van der Waals surface area (Å²) in [5, 5.41) is 0. The number of ether oxygens (including phenoxy) is 2. The zero-order valence-corrected chi connectivity index (χ0v) is 9.15. The predicted molar refractivity (Wildman–Crippen MR) is 57.2 cm³/mol. The Balaban J connectivity index is 3.00. The Morgan fingerprint density at radius 1 is 1.38 bits per heavy atom. The van der Waals surface area contributed by atoms with E-state index in [0.717, 1.165) is 0 Å². The minimum Gasteiger partial charge on any atom is -0.496 e. The van der Waals surface area contributed by atoms with Crippen molar-refractivity contribution in [1.29, 1.82) is 0 Å². The van der Waals surface area contributed by atoms with Crippen molar-refractivity contribution in [3.63, 3.8) is 0 Å². The largest absolute Gasteiger partial charge is 0.496 e. The summed E-state index contributed by atoms with van der Waals surface area (Å²) >= 11 is 0. The van der Waals surface area contributed by atoms with Crippen LogP contribution in [0, 0.1) is 0 Å². The summed E-state index contributed by atoms with van der Waals surface area (Å²) in [6.45, 7) is 1.30. The number of carbonyl (C=O) groups excluding carboxylic acids is 2. The second-order valence-corrected chi connectivity index (χ2v) is 3.21. The lowest BCUT2D eigenvalue weighted by atomic mass is 10.1. The van der Waals surface area contributed by atoms with E-state index in [0.29, 0.717) is 17.1 Å². The summed E-state index contributed by atoms with van der Waals surface area (Å²) in [6, 6.07) is 4.77. The number of hydrogen-bond acceptors (Lipinski definition) is 4. The minimum atomic E-state index is -0.474. The van der Waals surface area contributed by atoms with Crippen molar-refractivity contribution in [2.45, 2.75) is 13.3 Å². The summed E-state index contributed by atoms with van der Waals surface area (Å²) in [7, 11) is 1.49. The Labute approximate surface area is 93.1 Å². The van der Waals surface area contributed by atoms with E-state index < -0.39 is 11.9 Å². The number of methoxy groups -OCH3 is 1. The fraction of sp³-hybridized carbons (Fsp3) is 0.273. The van der Waals surface area contributed by atoms with Gasteiger partial charge >= 0.3 is 5.97 Å². The third-order valence-electron chi connectivity index (χ3n) is 1.88. The van der Waals surface area contributed by atoms with Crippen LogP contribution in [0.4, 0.5) is 0 Å². The van der Waals surface area contributed by atoms with E-state index in [-0.39, 0.29) is 6.42 Å². The third-order valence-corrected chi connectivity index (χ3v) is 1.88. The Morgan fingerprint density at radius 2 is 2.06 bits per heavy atom. The Hall–Kier alpha value is -2.04. The molecule has 0 heterocycles. The first-order valence-electron chi connectivity index (χ1n) is 4.66. The molecule has 0 aromatic heterocycles. The lowest BCUT2D eigenvalue weighted by Crippen LogP contribution is -2.14. The fourth-order valence-corrected chi connectivity index (χ4v) is 1.31. The minimum absolute atomic E-state index is 0.0400. The summed E-state index contributed by atoms with van der Waals surface area (Å²) in [5.74, 6) is 0.00715. The Morgan fingerprint density at radius 3 is 2.56 bits per heavy atom. The molecule has 1 amide bonds. The number of rotatable bonds is 4. The van der Waals surface area contributed by atoms with Gasteiger partial charge in [0.15, 0.2) is 0 Å². The van der Waals surface area contributed by atoms with E-state index in [1.54, 1.807) is 18.2 Å². The molecule has 0 aliphatic heterocycles. The first kappa shape index (κ1) is 12.0. The molecule has 5 nitrogen and oxygen atoms in total. The van der Waals surface area contributed by atoms with E-state index in [2.05, 4.69) is 0 Å². The molecule has 0 spiro atoms. The molecule has 0 radical (unpaired) electrons. The smallest absolute Gasteiger partial charge is 0.308 e. The van der Waals surface area contributed by atoms with E-state index in [1.807, 2.05) is 0 Å². The van der Waals surface area contributed by atoms with Crippen LogP contribution < -0.4 is 15.2 Å². The molecule has 5 heteroatoms. The van der Waals surface area contributed by atoms with Crippen molar-refractivity contribution in [3.05, 3.63) is 23.8 Å². The van der Waals surface area contributed by atoms with E-state index >= 15 is 0 Å². The van der Waals surface area contributed by atoms with Crippen LogP contribution in [-0.4, -0.2) is 19.0 Å². The fourth-order valence-electron chi connectivity index (χ4n) is 1.31. The molecular weight excluding hydrogens is 210 g/mol. The molecule has 86 valence electrons. The van der Waals surface area contributed by atoms with Gasteiger partial charge in [-0.25, -0.2) is 0 Å². The first-order chi connectivity index (χ1) is 7.52. The second-order valence-electron chi connectivity index (χ2n) is 3.21. The molecule has 0 fully saturated rings. The highest BCUT2D eigenvalue weighted by atomic mass is 16.5. The van der Waals surface area contributed by atoms with Gasteiger partial charge in [-0.2, -0.15) is 0 Å². The van der Waals surface area contributed by atoms with Crippen LogP contribution >= 0.6 is 0 Å². The van der Waals surface area contributed by atoms with Gasteiger partial charge in [0.1, 0.15) is 11.5 Å². The lowest BCUT2D eigenvalue weighted by Gasteiger charge is -2.09. The zero-order chi connectivity index (χ0) is 12.1. The quantitative estimate of drug-likeness (QED) is 0.600. The number of nitrogens with two attached hydrogens (primary N) is 1. The molecule has 2 N–H and O–H groups in total. The van der Waals surface area contributed by atoms with Gasteiger partial charge in [0.25, 0.3) is 0 Å². The van der Waals surface area contributed by atoms with Gasteiger partial charge in [0.2, 0.25) is 5.91 Å². The normalized spacial score (nSPS) is 9.62. The molecule has 0 aliphatic carbocycles. The molecule has 1 aromatic rings. The average molecular weight is 223 g/mol. The Bertz CT molecular complexity index is 414. The highest BCUT2D eigenvalue weighted by Crippen LogP contribution is 2.24. The molecular formula is C11H13NO4. The van der Waals surface area contributed by atoms with Crippen LogP contribution in [0.5, 0.6) is 11.5 Å². The van der Waals surface area contributed by atoms with Gasteiger partial charge in [0.05, 0.1) is 13.5 Å². The van der Waals surface area contributed by atoms with Gasteiger partial charge in [-0.3, -0.25) is 9.59 Å². The van der Waals surface area contributed by atoms with Crippen molar-refractivity contribution < 1.29 is 19.1 Å². The number of primary amides is 1. The van der Waals surface area contributed by atoms with Crippen molar-refractivity contribution in [2.75, 3.05) is 7.11 Å². The molecule has 16 heavy (non-hydrogen) atoms. The van der Waals surface area contributed by atoms with Crippen LogP contribution in [0.15, 0.2) is 18.2 Å². The average Bonchev–Trinajstić information content (AvgIpc) is 2.16. The molecule has 0 unspecified atom stereocenters. The molecule has 1 rings (SSSR count). The number of benzene rings is 1. The van der Waals surface area contributed by atoms with Crippen LogP contribution in [0.1, 0.15) is 12.5 Å². The van der Waals surface area contributed by atoms with Crippen LogP contribution in [0.25, 0.3) is 0 Å². The highest BCUT2D eigenvalue weighted by Gasteiger charge is 2.08. The SMILES string of the molecule is COc1ccc(OC(C)=O)cc1CC(N)=O. The molecule has 0 saturated heterocycles. The van der Waals surface area contributed by atoms with Gasteiger partial charge in [-0.05, 0) is 18.2 Å². The number of carbonyl (C=O) groups is 2. The van der Waals surface area contributed by atoms with E-state index in [9.17, 15) is 9.59 Å². The summed E-state index contributed by atoms with van der Waals surface area (Å²) in [6.07, 6.45) is 0.0400. The standard InChI is InChI=1S/C11H13NO4/c1-7(13)16-9-3-4-10(15-2)8(5-9)6-11(12)14/h3-5H,6H2,1-2H3,(H2,12,14). The van der Waals surface area contributed by atoms with Gasteiger partial charge in [0, 0.05) is 12.5 Å². The lowest BCUT2D eigenvalue weighted by molar-refractivity contribution is -0.131. The summed E-state index contributed by atoms with van der Waals surface area (Å²) in [5.41, 5.74) is 5.69. The predicted octanol–water partition coefficient (Wildman–Crippen LogP) is 0.648. The molecule has 0 bridgehead atoms. The highest BCUT2D eigenvalue weighted by molar-refractivity contribution is 5.78. The number of hydrogen-bond donors (Lipinski definition) is 1. The number of esters is 1. The van der Waals surface area contributed by atoms with Gasteiger partial charge in [-0.15, -0.1) is 0 Å².